The summed E-state index contributed by atoms with van der Waals surface area (Å²) in [6.07, 6.45) is 7.09. The lowest BCUT2D eigenvalue weighted by atomic mass is 10.1. The summed E-state index contributed by atoms with van der Waals surface area (Å²) in [7, 11) is 1.93. The lowest BCUT2D eigenvalue weighted by Gasteiger charge is -2.05. The number of aromatic nitrogens is 6. The van der Waals surface area contributed by atoms with E-state index in [4.69, 9.17) is 0 Å². The van der Waals surface area contributed by atoms with Crippen molar-refractivity contribution in [2.24, 2.45) is 7.05 Å². The molecule has 0 bridgehead atoms. The Hall–Kier alpha value is -2.54. The zero-order chi connectivity index (χ0) is 13.8. The number of aryl methyl sites for hydroxylation is 1. The zero-order valence-corrected chi connectivity index (χ0v) is 11.1. The first-order valence-corrected chi connectivity index (χ1v) is 6.31. The molecule has 0 fully saturated rings. The normalized spacial score (nSPS) is 10.8. The fourth-order valence-corrected chi connectivity index (χ4v) is 1.98. The quantitative estimate of drug-likeness (QED) is 0.718. The van der Waals surface area contributed by atoms with Gasteiger partial charge in [0.2, 0.25) is 0 Å². The molecule has 0 spiro atoms. The molecule has 3 rings (SSSR count). The van der Waals surface area contributed by atoms with Gasteiger partial charge in [0.25, 0.3) is 0 Å². The molecule has 7 heteroatoms. The number of pyridine rings is 1. The van der Waals surface area contributed by atoms with E-state index in [2.05, 4.69) is 30.7 Å². The van der Waals surface area contributed by atoms with Crippen LogP contribution in [0.25, 0.3) is 11.3 Å². The standard InChI is InChI=1S/C13H15N7/c1-20-9-17-18-12(20)8-15-6-11-7-16-19-13(11)10-3-2-4-14-5-10/h2-5,7,9,15H,6,8H2,1H3,(H,16,19). The van der Waals surface area contributed by atoms with Gasteiger partial charge in [-0.15, -0.1) is 10.2 Å². The van der Waals surface area contributed by atoms with Crippen molar-refractivity contribution in [2.45, 2.75) is 13.1 Å². The van der Waals surface area contributed by atoms with Gasteiger partial charge in [0.1, 0.15) is 12.2 Å². The summed E-state index contributed by atoms with van der Waals surface area (Å²) in [6, 6.07) is 3.92. The third kappa shape index (κ3) is 2.57. The Balaban J connectivity index is 1.67. The van der Waals surface area contributed by atoms with E-state index in [9.17, 15) is 0 Å². The molecule has 7 nitrogen and oxygen atoms in total. The maximum atomic E-state index is 4.12. The van der Waals surface area contributed by atoms with Crippen LogP contribution in [0.4, 0.5) is 0 Å². The second kappa shape index (κ2) is 5.62. The van der Waals surface area contributed by atoms with Crippen molar-refractivity contribution in [2.75, 3.05) is 0 Å². The highest BCUT2D eigenvalue weighted by Crippen LogP contribution is 2.19. The number of nitrogens with one attached hydrogen (secondary N) is 2. The minimum Gasteiger partial charge on any atom is -0.320 e. The Morgan fingerprint density at radius 2 is 2.25 bits per heavy atom. The summed E-state index contributed by atoms with van der Waals surface area (Å²) in [5.74, 6) is 0.899. The Labute approximate surface area is 116 Å². The highest BCUT2D eigenvalue weighted by Gasteiger charge is 2.08. The molecule has 0 aliphatic heterocycles. The van der Waals surface area contributed by atoms with E-state index in [-0.39, 0.29) is 0 Å². The van der Waals surface area contributed by atoms with Gasteiger partial charge in [-0.2, -0.15) is 5.10 Å². The smallest absolute Gasteiger partial charge is 0.146 e. The van der Waals surface area contributed by atoms with Crippen molar-refractivity contribution in [1.29, 1.82) is 0 Å². The second-order valence-corrected chi connectivity index (χ2v) is 4.47. The molecule has 0 aliphatic rings. The van der Waals surface area contributed by atoms with E-state index in [0.29, 0.717) is 13.1 Å². The van der Waals surface area contributed by atoms with Crippen LogP contribution in [-0.4, -0.2) is 29.9 Å². The average molecular weight is 269 g/mol. The number of nitrogens with zero attached hydrogens (tertiary/aromatic N) is 5. The molecule has 2 N–H and O–H groups in total. The van der Waals surface area contributed by atoms with Gasteiger partial charge in [-0.1, -0.05) is 0 Å². The molecule has 102 valence electrons. The summed E-state index contributed by atoms with van der Waals surface area (Å²) >= 11 is 0. The largest absolute Gasteiger partial charge is 0.320 e. The van der Waals surface area contributed by atoms with Gasteiger partial charge in [-0.3, -0.25) is 10.1 Å². The van der Waals surface area contributed by atoms with E-state index in [1.165, 1.54) is 0 Å². The summed E-state index contributed by atoms with van der Waals surface area (Å²) in [6.45, 7) is 1.36. The van der Waals surface area contributed by atoms with Crippen LogP contribution in [0.2, 0.25) is 0 Å². The van der Waals surface area contributed by atoms with Gasteiger partial charge >= 0.3 is 0 Å². The first kappa shape index (κ1) is 12.5. The Kier molecular flexibility index (Phi) is 3.51. The van der Waals surface area contributed by atoms with Crippen LogP contribution in [0.3, 0.4) is 0 Å². The van der Waals surface area contributed by atoms with Crippen LogP contribution < -0.4 is 5.32 Å². The predicted molar refractivity (Wildman–Crippen MR) is 73.4 cm³/mol. The van der Waals surface area contributed by atoms with Crippen molar-refractivity contribution in [1.82, 2.24) is 35.3 Å². The van der Waals surface area contributed by atoms with Gasteiger partial charge in [0, 0.05) is 37.1 Å². The minimum absolute atomic E-state index is 0.661. The molecular formula is C13H15N7. The molecule has 3 aromatic heterocycles. The van der Waals surface area contributed by atoms with Crippen LogP contribution in [0.1, 0.15) is 11.4 Å². The SMILES string of the molecule is Cn1cnnc1CNCc1cn[nH]c1-c1cccnc1. The van der Waals surface area contributed by atoms with Gasteiger partial charge in [-0.25, -0.2) is 0 Å². The summed E-state index contributed by atoms with van der Waals surface area (Å²) in [4.78, 5) is 4.12. The first-order valence-electron chi connectivity index (χ1n) is 6.31. The molecule has 0 amide bonds. The van der Waals surface area contributed by atoms with E-state index < -0.39 is 0 Å². The average Bonchev–Trinajstić information content (AvgIpc) is 3.10. The van der Waals surface area contributed by atoms with Crippen molar-refractivity contribution in [3.63, 3.8) is 0 Å². The molecule has 3 aromatic rings. The number of aromatic amines is 1. The highest BCUT2D eigenvalue weighted by atomic mass is 15.3. The molecule has 0 saturated heterocycles. The third-order valence-electron chi connectivity index (χ3n) is 3.07. The minimum atomic E-state index is 0.661. The van der Waals surface area contributed by atoms with E-state index >= 15 is 0 Å². The maximum Gasteiger partial charge on any atom is 0.146 e. The molecule has 0 radical (unpaired) electrons. The van der Waals surface area contributed by atoms with E-state index in [0.717, 1.165) is 22.6 Å². The lowest BCUT2D eigenvalue weighted by molar-refractivity contribution is 0.638. The highest BCUT2D eigenvalue weighted by molar-refractivity contribution is 5.61. The summed E-state index contributed by atoms with van der Waals surface area (Å²) < 4.78 is 1.89. The van der Waals surface area contributed by atoms with Gasteiger partial charge < -0.3 is 9.88 Å². The molecule has 0 aliphatic carbocycles. The lowest BCUT2D eigenvalue weighted by Crippen LogP contribution is -2.15. The molecule has 3 heterocycles. The Morgan fingerprint density at radius 1 is 1.30 bits per heavy atom. The molecule has 0 saturated carbocycles. The maximum absolute atomic E-state index is 4.12. The van der Waals surface area contributed by atoms with Crippen molar-refractivity contribution >= 4 is 0 Å². The van der Waals surface area contributed by atoms with Crippen LogP contribution in [0.15, 0.2) is 37.1 Å². The summed E-state index contributed by atoms with van der Waals surface area (Å²) in [5.41, 5.74) is 3.11. The fraction of sp³-hybridized carbons (Fsp3) is 0.231. The van der Waals surface area contributed by atoms with Gasteiger partial charge in [0.05, 0.1) is 18.4 Å². The number of H-pyrrole nitrogens is 1. The van der Waals surface area contributed by atoms with Crippen molar-refractivity contribution in [3.05, 3.63) is 48.4 Å². The number of hydrogen-bond acceptors (Lipinski definition) is 5. The van der Waals surface area contributed by atoms with Crippen LogP contribution >= 0.6 is 0 Å². The monoisotopic (exact) mass is 269 g/mol. The Bertz CT molecular complexity index is 671. The predicted octanol–water partition coefficient (Wildman–Crippen LogP) is 0.890. The first-order chi connectivity index (χ1) is 9.84. The second-order valence-electron chi connectivity index (χ2n) is 4.47. The molecule has 0 atom stereocenters. The van der Waals surface area contributed by atoms with Gasteiger partial charge in [-0.05, 0) is 12.1 Å². The van der Waals surface area contributed by atoms with Gasteiger partial charge in [0.15, 0.2) is 0 Å². The summed E-state index contributed by atoms with van der Waals surface area (Å²) in [5, 5.41) is 18.3. The number of rotatable bonds is 5. The van der Waals surface area contributed by atoms with Crippen molar-refractivity contribution < 1.29 is 0 Å². The van der Waals surface area contributed by atoms with E-state index in [1.807, 2.05) is 36.1 Å². The zero-order valence-electron chi connectivity index (χ0n) is 11.1. The molecule has 0 unspecified atom stereocenters. The van der Waals surface area contributed by atoms with Crippen LogP contribution in [0, 0.1) is 0 Å². The van der Waals surface area contributed by atoms with E-state index in [1.54, 1.807) is 12.5 Å². The molecule has 20 heavy (non-hydrogen) atoms. The molecular weight excluding hydrogens is 254 g/mol. The van der Waals surface area contributed by atoms with Crippen molar-refractivity contribution in [3.8, 4) is 11.3 Å². The Morgan fingerprint density at radius 3 is 3.00 bits per heavy atom. The third-order valence-corrected chi connectivity index (χ3v) is 3.07. The number of hydrogen-bond donors (Lipinski definition) is 2. The van der Waals surface area contributed by atoms with Crippen LogP contribution in [0.5, 0.6) is 0 Å². The fourth-order valence-electron chi connectivity index (χ4n) is 1.98. The molecule has 0 aromatic carbocycles. The topological polar surface area (TPSA) is 84.3 Å². The van der Waals surface area contributed by atoms with Crippen LogP contribution in [-0.2, 0) is 20.1 Å².